The number of hydrogen-bond donors (Lipinski definition) is 0. The van der Waals surface area contributed by atoms with Gasteiger partial charge in [0, 0.05) is 31.1 Å². The standard InChI is InChI=1S/C21H19N5O6/c27-17-7-4-8-18(12-17)32-20(28)19-10-9-16(26(30)31)11-14(19)13-24-21(29)25(23-22-24)15-5-2-1-3-6-15/h2,5-6,9-12H,1,3-4,7-8,13H2. The summed E-state index contributed by atoms with van der Waals surface area (Å²) in [6.45, 7) is -0.222. The average Bonchev–Trinajstić information content (AvgIpc) is 3.14. The monoisotopic (exact) mass is 437 g/mol. The summed E-state index contributed by atoms with van der Waals surface area (Å²) in [6, 6.07) is 3.64. The molecule has 1 heterocycles. The Kier molecular flexibility index (Phi) is 5.88. The minimum absolute atomic E-state index is 0.0350. The van der Waals surface area contributed by atoms with Gasteiger partial charge in [-0.3, -0.25) is 14.9 Å². The molecule has 4 rings (SSSR count). The van der Waals surface area contributed by atoms with Crippen LogP contribution in [0.25, 0.3) is 5.70 Å². The molecule has 1 aromatic carbocycles. The average molecular weight is 437 g/mol. The molecule has 0 saturated carbocycles. The number of carbonyl (C=O) groups excluding carboxylic acids is 2. The largest absolute Gasteiger partial charge is 0.427 e. The summed E-state index contributed by atoms with van der Waals surface area (Å²) in [5.74, 6) is -0.652. The van der Waals surface area contributed by atoms with Gasteiger partial charge >= 0.3 is 11.7 Å². The first-order chi connectivity index (χ1) is 15.4. The minimum atomic E-state index is -0.769. The number of aromatic nitrogens is 4. The molecular weight excluding hydrogens is 418 g/mol. The first kappa shape index (κ1) is 21.1. The maximum Gasteiger partial charge on any atom is 0.368 e. The maximum absolute atomic E-state index is 12.8. The number of ketones is 1. The molecule has 0 atom stereocenters. The van der Waals surface area contributed by atoms with Crippen LogP contribution < -0.4 is 5.69 Å². The fourth-order valence-corrected chi connectivity index (χ4v) is 3.49. The van der Waals surface area contributed by atoms with Crippen molar-refractivity contribution in [3.8, 4) is 0 Å². The highest BCUT2D eigenvalue weighted by Crippen LogP contribution is 2.23. The molecule has 0 spiro atoms. The normalized spacial score (nSPS) is 15.8. The summed E-state index contributed by atoms with van der Waals surface area (Å²) >= 11 is 0. The first-order valence-electron chi connectivity index (χ1n) is 10.0. The van der Waals surface area contributed by atoms with Crippen molar-refractivity contribution in [2.24, 2.45) is 0 Å². The number of benzene rings is 1. The number of allylic oxidation sites excluding steroid dienone is 6. The van der Waals surface area contributed by atoms with E-state index in [0.717, 1.165) is 22.2 Å². The van der Waals surface area contributed by atoms with Crippen LogP contribution in [0.2, 0.25) is 0 Å². The van der Waals surface area contributed by atoms with E-state index in [9.17, 15) is 24.5 Å². The second kappa shape index (κ2) is 8.92. The van der Waals surface area contributed by atoms with Crippen molar-refractivity contribution in [2.45, 2.75) is 38.6 Å². The van der Waals surface area contributed by atoms with Gasteiger partial charge in [0.05, 0.1) is 22.7 Å². The van der Waals surface area contributed by atoms with E-state index in [1.807, 2.05) is 12.2 Å². The fourth-order valence-electron chi connectivity index (χ4n) is 3.49. The molecular formula is C21H19N5O6. The predicted octanol–water partition coefficient (Wildman–Crippen LogP) is 2.38. The Balaban J connectivity index is 1.65. The highest BCUT2D eigenvalue weighted by atomic mass is 16.6. The quantitative estimate of drug-likeness (QED) is 0.381. The molecule has 0 N–H and O–H groups in total. The van der Waals surface area contributed by atoms with Crippen LogP contribution in [0.5, 0.6) is 0 Å². The third-order valence-corrected chi connectivity index (χ3v) is 5.09. The van der Waals surface area contributed by atoms with Crippen LogP contribution in [0.15, 0.2) is 53.1 Å². The van der Waals surface area contributed by atoms with E-state index >= 15 is 0 Å². The van der Waals surface area contributed by atoms with Crippen LogP contribution >= 0.6 is 0 Å². The second-order valence-corrected chi connectivity index (χ2v) is 7.36. The minimum Gasteiger partial charge on any atom is -0.427 e. The van der Waals surface area contributed by atoms with E-state index in [4.69, 9.17) is 4.74 Å². The molecule has 2 aliphatic carbocycles. The van der Waals surface area contributed by atoms with E-state index < -0.39 is 16.6 Å². The van der Waals surface area contributed by atoms with Crippen LogP contribution in [0.3, 0.4) is 0 Å². The lowest BCUT2D eigenvalue weighted by molar-refractivity contribution is -0.384. The van der Waals surface area contributed by atoms with E-state index in [1.165, 1.54) is 24.3 Å². The Hall–Kier alpha value is -4.15. The fraction of sp³-hybridized carbons (Fsp3) is 0.286. The molecule has 0 unspecified atom stereocenters. The summed E-state index contributed by atoms with van der Waals surface area (Å²) in [4.78, 5) is 47.7. The molecule has 32 heavy (non-hydrogen) atoms. The van der Waals surface area contributed by atoms with Crippen LogP contribution in [0, 0.1) is 10.1 Å². The van der Waals surface area contributed by atoms with Gasteiger partial charge in [0.15, 0.2) is 5.78 Å². The predicted molar refractivity (Wildman–Crippen MR) is 111 cm³/mol. The molecule has 0 amide bonds. The third-order valence-electron chi connectivity index (χ3n) is 5.09. The highest BCUT2D eigenvalue weighted by Gasteiger charge is 2.22. The van der Waals surface area contributed by atoms with Gasteiger partial charge in [0.25, 0.3) is 5.69 Å². The molecule has 1 aromatic heterocycles. The number of rotatable bonds is 6. The van der Waals surface area contributed by atoms with Crippen molar-refractivity contribution < 1.29 is 19.2 Å². The number of tetrazole rings is 1. The molecule has 11 nitrogen and oxygen atoms in total. The van der Waals surface area contributed by atoms with Gasteiger partial charge in [0.1, 0.15) is 5.76 Å². The molecule has 0 aliphatic heterocycles. The van der Waals surface area contributed by atoms with Crippen LogP contribution in [-0.2, 0) is 16.1 Å². The summed E-state index contributed by atoms with van der Waals surface area (Å²) in [5, 5.41) is 19.0. The molecule has 2 aromatic rings. The number of nitro benzene ring substituents is 1. The molecule has 2 aliphatic rings. The lowest BCUT2D eigenvalue weighted by atomic mass is 10.0. The van der Waals surface area contributed by atoms with E-state index in [-0.39, 0.29) is 34.9 Å². The molecule has 0 saturated heterocycles. The molecule has 0 radical (unpaired) electrons. The zero-order valence-electron chi connectivity index (χ0n) is 17.0. The van der Waals surface area contributed by atoms with Gasteiger partial charge in [-0.15, -0.1) is 0 Å². The number of ether oxygens (including phenoxy) is 1. The zero-order valence-corrected chi connectivity index (χ0v) is 17.0. The lowest BCUT2D eigenvalue weighted by Crippen LogP contribution is -2.26. The molecule has 11 heteroatoms. The molecule has 164 valence electrons. The number of esters is 1. The Morgan fingerprint density at radius 2 is 2.03 bits per heavy atom. The van der Waals surface area contributed by atoms with Crippen molar-refractivity contribution in [3.63, 3.8) is 0 Å². The van der Waals surface area contributed by atoms with Crippen LogP contribution in [-0.4, -0.2) is 36.5 Å². The van der Waals surface area contributed by atoms with Crippen LogP contribution in [0.4, 0.5) is 5.69 Å². The lowest BCUT2D eigenvalue weighted by Gasteiger charge is -2.14. The third kappa shape index (κ3) is 4.46. The zero-order chi connectivity index (χ0) is 22.7. The van der Waals surface area contributed by atoms with Crippen LogP contribution in [0.1, 0.15) is 48.0 Å². The van der Waals surface area contributed by atoms with Crippen molar-refractivity contribution in [1.82, 2.24) is 19.8 Å². The Morgan fingerprint density at radius 3 is 2.75 bits per heavy atom. The summed E-state index contributed by atoms with van der Waals surface area (Å²) < 4.78 is 7.49. The van der Waals surface area contributed by atoms with Crippen molar-refractivity contribution >= 4 is 23.1 Å². The van der Waals surface area contributed by atoms with E-state index in [0.29, 0.717) is 25.0 Å². The maximum atomic E-state index is 12.8. The molecule has 0 fully saturated rings. The van der Waals surface area contributed by atoms with Gasteiger partial charge in [-0.25, -0.2) is 9.59 Å². The van der Waals surface area contributed by atoms with Gasteiger partial charge in [0.2, 0.25) is 0 Å². The Bertz CT molecular complexity index is 1250. The van der Waals surface area contributed by atoms with E-state index in [2.05, 4.69) is 10.4 Å². The van der Waals surface area contributed by atoms with Crippen molar-refractivity contribution in [1.29, 1.82) is 0 Å². The summed E-state index contributed by atoms with van der Waals surface area (Å²) in [7, 11) is 0. The van der Waals surface area contributed by atoms with Gasteiger partial charge in [-0.05, 0) is 47.4 Å². The van der Waals surface area contributed by atoms with Gasteiger partial charge in [-0.1, -0.05) is 12.2 Å². The number of hydrogen-bond acceptors (Lipinski definition) is 8. The van der Waals surface area contributed by atoms with Gasteiger partial charge < -0.3 is 4.74 Å². The smallest absolute Gasteiger partial charge is 0.368 e. The number of carbonyl (C=O) groups is 2. The number of nitro groups is 1. The Morgan fingerprint density at radius 1 is 1.19 bits per heavy atom. The van der Waals surface area contributed by atoms with Gasteiger partial charge in [-0.2, -0.15) is 9.36 Å². The van der Waals surface area contributed by atoms with Crippen molar-refractivity contribution in [3.05, 3.63) is 80.0 Å². The SMILES string of the molecule is O=C1C=C(OC(=O)c2ccc([N+](=O)[O-])cc2Cn2nnn(C3=CCCC=C3)c2=O)CCC1. The topological polar surface area (TPSA) is 139 Å². The number of nitrogens with zero attached hydrogens (tertiary/aromatic N) is 5. The second-order valence-electron chi connectivity index (χ2n) is 7.36. The molecule has 0 bridgehead atoms. The summed E-state index contributed by atoms with van der Waals surface area (Å²) in [6.07, 6.45) is 9.87. The first-order valence-corrected chi connectivity index (χ1v) is 10.0. The van der Waals surface area contributed by atoms with Crippen molar-refractivity contribution in [2.75, 3.05) is 0 Å². The number of non-ortho nitro benzene ring substituents is 1. The summed E-state index contributed by atoms with van der Waals surface area (Å²) in [5.41, 5.74) is -0.00161. The van der Waals surface area contributed by atoms with E-state index in [1.54, 1.807) is 6.08 Å². The Labute approximate surface area is 181 Å². The highest BCUT2D eigenvalue weighted by molar-refractivity contribution is 5.94.